The van der Waals surface area contributed by atoms with Gasteiger partial charge in [0.1, 0.15) is 11.6 Å². The fourth-order valence-electron chi connectivity index (χ4n) is 1.17. The summed E-state index contributed by atoms with van der Waals surface area (Å²) in [5.74, 6) is -0.530. The van der Waals surface area contributed by atoms with Crippen molar-refractivity contribution in [3.63, 3.8) is 0 Å². The van der Waals surface area contributed by atoms with Gasteiger partial charge in [-0.1, -0.05) is 0 Å². The average Bonchev–Trinajstić information content (AvgIpc) is 2.23. The smallest absolute Gasteiger partial charge is 0.260 e. The number of benzene rings is 1. The van der Waals surface area contributed by atoms with Crippen molar-refractivity contribution >= 4 is 11.6 Å². The van der Waals surface area contributed by atoms with Crippen LogP contribution in [0.3, 0.4) is 0 Å². The highest BCUT2D eigenvalue weighted by Gasteiger charge is 2.15. The zero-order valence-corrected chi connectivity index (χ0v) is 9.29. The van der Waals surface area contributed by atoms with Gasteiger partial charge in [0.15, 0.2) is 6.10 Å². The van der Waals surface area contributed by atoms with E-state index in [4.69, 9.17) is 10.5 Å². The summed E-state index contributed by atoms with van der Waals surface area (Å²) in [6, 6.07) is 3.79. The molecule has 0 spiro atoms. The van der Waals surface area contributed by atoms with E-state index >= 15 is 0 Å². The van der Waals surface area contributed by atoms with E-state index in [0.717, 1.165) is 6.07 Å². The van der Waals surface area contributed by atoms with Gasteiger partial charge in [0.2, 0.25) is 0 Å². The molecule has 0 aliphatic rings. The Kier molecular flexibility index (Phi) is 4.10. The maximum Gasteiger partial charge on any atom is 0.260 e. The first-order valence-electron chi connectivity index (χ1n) is 5.04. The highest BCUT2D eigenvalue weighted by Crippen LogP contribution is 2.23. The first kappa shape index (κ1) is 12.3. The van der Waals surface area contributed by atoms with Crippen molar-refractivity contribution in [1.82, 2.24) is 5.32 Å². The van der Waals surface area contributed by atoms with Crippen molar-refractivity contribution in [2.24, 2.45) is 0 Å². The predicted octanol–water partition coefficient (Wildman–Crippen LogP) is 1.31. The van der Waals surface area contributed by atoms with Gasteiger partial charge in [-0.05, 0) is 26.0 Å². The van der Waals surface area contributed by atoms with Gasteiger partial charge in [-0.25, -0.2) is 4.39 Å². The molecule has 1 rings (SSSR count). The Hall–Kier alpha value is -1.78. The van der Waals surface area contributed by atoms with E-state index in [9.17, 15) is 9.18 Å². The van der Waals surface area contributed by atoms with Crippen molar-refractivity contribution in [3.05, 3.63) is 24.0 Å². The summed E-state index contributed by atoms with van der Waals surface area (Å²) in [4.78, 5) is 11.4. The molecule has 0 fully saturated rings. The van der Waals surface area contributed by atoms with Crippen LogP contribution >= 0.6 is 0 Å². The van der Waals surface area contributed by atoms with Crippen LogP contribution in [0, 0.1) is 5.82 Å². The topological polar surface area (TPSA) is 64.3 Å². The molecule has 4 nitrogen and oxygen atoms in total. The van der Waals surface area contributed by atoms with Gasteiger partial charge in [0.25, 0.3) is 5.91 Å². The summed E-state index contributed by atoms with van der Waals surface area (Å²) in [5.41, 5.74) is 5.89. The monoisotopic (exact) mass is 226 g/mol. The summed E-state index contributed by atoms with van der Waals surface area (Å²) in [6.07, 6.45) is -0.705. The summed E-state index contributed by atoms with van der Waals surface area (Å²) >= 11 is 0. The highest BCUT2D eigenvalue weighted by molar-refractivity contribution is 5.80. The first-order chi connectivity index (χ1) is 7.54. The van der Waals surface area contributed by atoms with E-state index in [0.29, 0.717) is 12.2 Å². The van der Waals surface area contributed by atoms with E-state index in [1.807, 2.05) is 0 Å². The lowest BCUT2D eigenvalue weighted by Crippen LogP contribution is -2.36. The standard InChI is InChI=1S/C11H15FN2O2/c1-3-14-11(15)7(2)16-10-6-8(12)4-5-9(10)13/h4-7H,3,13H2,1-2H3,(H,14,15). The number of halogens is 1. The van der Waals surface area contributed by atoms with Gasteiger partial charge < -0.3 is 15.8 Å². The predicted molar refractivity (Wildman–Crippen MR) is 59.6 cm³/mol. The number of nitrogens with two attached hydrogens (primary N) is 1. The van der Waals surface area contributed by atoms with Gasteiger partial charge >= 0.3 is 0 Å². The van der Waals surface area contributed by atoms with Gasteiger partial charge in [0, 0.05) is 12.6 Å². The Labute approximate surface area is 93.6 Å². The van der Waals surface area contributed by atoms with Crippen molar-refractivity contribution in [2.75, 3.05) is 12.3 Å². The molecule has 0 aromatic heterocycles. The largest absolute Gasteiger partial charge is 0.479 e. The molecule has 88 valence electrons. The zero-order chi connectivity index (χ0) is 12.1. The van der Waals surface area contributed by atoms with E-state index in [1.54, 1.807) is 13.8 Å². The molecule has 0 saturated heterocycles. The molecular formula is C11H15FN2O2. The normalized spacial score (nSPS) is 11.9. The maximum absolute atomic E-state index is 12.9. The van der Waals surface area contributed by atoms with Crippen LogP contribution in [0.5, 0.6) is 5.75 Å². The fraction of sp³-hybridized carbons (Fsp3) is 0.364. The van der Waals surface area contributed by atoms with Gasteiger partial charge in [-0.3, -0.25) is 4.79 Å². The molecule has 3 N–H and O–H groups in total. The third-order valence-electron chi connectivity index (χ3n) is 2.00. The van der Waals surface area contributed by atoms with Crippen LogP contribution < -0.4 is 15.8 Å². The molecule has 1 atom stereocenters. The lowest BCUT2D eigenvalue weighted by molar-refractivity contribution is -0.127. The molecular weight excluding hydrogens is 211 g/mol. The van der Waals surface area contributed by atoms with Crippen LogP contribution in [0.4, 0.5) is 10.1 Å². The molecule has 0 bridgehead atoms. The van der Waals surface area contributed by atoms with Crippen LogP contribution in [-0.2, 0) is 4.79 Å². The van der Waals surface area contributed by atoms with E-state index < -0.39 is 11.9 Å². The van der Waals surface area contributed by atoms with Crippen LogP contribution in [-0.4, -0.2) is 18.6 Å². The Morgan fingerprint density at radius 3 is 2.94 bits per heavy atom. The van der Waals surface area contributed by atoms with Gasteiger partial charge in [-0.15, -0.1) is 0 Å². The number of likely N-dealkylation sites (N-methyl/N-ethyl adjacent to an activating group) is 1. The molecule has 0 aliphatic heterocycles. The number of amides is 1. The Bertz CT molecular complexity index is 382. The first-order valence-corrected chi connectivity index (χ1v) is 5.04. The molecule has 1 aromatic carbocycles. The number of rotatable bonds is 4. The quantitative estimate of drug-likeness (QED) is 0.761. The molecule has 0 aliphatic carbocycles. The average molecular weight is 226 g/mol. The van der Waals surface area contributed by atoms with E-state index in [-0.39, 0.29) is 11.7 Å². The lowest BCUT2D eigenvalue weighted by atomic mass is 10.3. The molecule has 0 heterocycles. The Balaban J connectivity index is 2.72. The van der Waals surface area contributed by atoms with E-state index in [2.05, 4.69) is 5.32 Å². The van der Waals surface area contributed by atoms with E-state index in [1.165, 1.54) is 12.1 Å². The minimum atomic E-state index is -0.705. The number of nitrogens with one attached hydrogen (secondary N) is 1. The number of nitrogen functional groups attached to an aromatic ring is 1. The number of ether oxygens (including phenoxy) is 1. The molecule has 1 amide bonds. The third-order valence-corrected chi connectivity index (χ3v) is 2.00. The SMILES string of the molecule is CCNC(=O)C(C)Oc1cc(F)ccc1N. The fourth-order valence-corrected chi connectivity index (χ4v) is 1.17. The second kappa shape index (κ2) is 5.34. The van der Waals surface area contributed by atoms with Crippen LogP contribution in [0.2, 0.25) is 0 Å². The maximum atomic E-state index is 12.9. The van der Waals surface area contributed by atoms with Crippen molar-refractivity contribution in [1.29, 1.82) is 0 Å². The molecule has 5 heteroatoms. The van der Waals surface area contributed by atoms with Crippen molar-refractivity contribution in [3.8, 4) is 5.75 Å². The minimum absolute atomic E-state index is 0.179. The number of carbonyl (C=O) groups excluding carboxylic acids is 1. The number of carbonyl (C=O) groups is 1. The summed E-state index contributed by atoms with van der Waals surface area (Å²) in [5, 5.41) is 2.60. The molecule has 1 aromatic rings. The second-order valence-corrected chi connectivity index (χ2v) is 3.34. The minimum Gasteiger partial charge on any atom is -0.479 e. The summed E-state index contributed by atoms with van der Waals surface area (Å²) in [7, 11) is 0. The van der Waals surface area contributed by atoms with Gasteiger partial charge in [-0.2, -0.15) is 0 Å². The van der Waals surface area contributed by atoms with Crippen molar-refractivity contribution in [2.45, 2.75) is 20.0 Å². The third kappa shape index (κ3) is 3.12. The molecule has 0 radical (unpaired) electrons. The number of hydrogen-bond acceptors (Lipinski definition) is 3. The highest BCUT2D eigenvalue weighted by atomic mass is 19.1. The van der Waals surface area contributed by atoms with Crippen LogP contribution in [0.25, 0.3) is 0 Å². The molecule has 0 saturated carbocycles. The van der Waals surface area contributed by atoms with Crippen LogP contribution in [0.1, 0.15) is 13.8 Å². The molecule has 16 heavy (non-hydrogen) atoms. The number of hydrogen-bond donors (Lipinski definition) is 2. The summed E-state index contributed by atoms with van der Waals surface area (Å²) < 4.78 is 18.2. The summed E-state index contributed by atoms with van der Waals surface area (Å²) in [6.45, 7) is 3.90. The second-order valence-electron chi connectivity index (χ2n) is 3.34. The van der Waals surface area contributed by atoms with Gasteiger partial charge in [0.05, 0.1) is 5.69 Å². The van der Waals surface area contributed by atoms with Crippen LogP contribution in [0.15, 0.2) is 18.2 Å². The lowest BCUT2D eigenvalue weighted by Gasteiger charge is -2.15. The Morgan fingerprint density at radius 1 is 1.62 bits per heavy atom. The number of anilines is 1. The Morgan fingerprint density at radius 2 is 2.31 bits per heavy atom. The molecule has 1 unspecified atom stereocenters. The van der Waals surface area contributed by atoms with Crippen molar-refractivity contribution < 1.29 is 13.9 Å². The zero-order valence-electron chi connectivity index (χ0n) is 9.29.